The summed E-state index contributed by atoms with van der Waals surface area (Å²) in [6, 6.07) is 15.9. The van der Waals surface area contributed by atoms with Crippen LogP contribution in [0.2, 0.25) is 18.1 Å². The molecule has 2 rings (SSSR count). The molecule has 0 saturated carbocycles. The third kappa shape index (κ3) is 6.92. The zero-order chi connectivity index (χ0) is 23.4. The Morgan fingerprint density at radius 3 is 2.13 bits per heavy atom. The lowest BCUT2D eigenvalue weighted by Crippen LogP contribution is -2.46. The molecular formula is C25H36F3NOSi. The van der Waals surface area contributed by atoms with Crippen LogP contribution >= 0.6 is 0 Å². The fourth-order valence-electron chi connectivity index (χ4n) is 3.23. The smallest absolute Gasteiger partial charge is 0.408 e. The van der Waals surface area contributed by atoms with Gasteiger partial charge in [0, 0.05) is 12.6 Å². The summed E-state index contributed by atoms with van der Waals surface area (Å²) in [5, 5.41) is 0.0797. The first-order chi connectivity index (χ1) is 14.2. The summed E-state index contributed by atoms with van der Waals surface area (Å²) in [7, 11) is -0.00933. The molecule has 0 fully saturated rings. The molecule has 31 heavy (non-hydrogen) atoms. The molecule has 0 aromatic heterocycles. The van der Waals surface area contributed by atoms with E-state index in [-0.39, 0.29) is 17.2 Å². The zero-order valence-corrected chi connectivity index (χ0v) is 20.8. The second-order valence-corrected chi connectivity index (χ2v) is 14.6. The molecule has 2 atom stereocenters. The summed E-state index contributed by atoms with van der Waals surface area (Å²) in [5.41, 5.74) is 1.23. The number of nitrogens with zero attached hydrogens (tertiary/aromatic N) is 1. The van der Waals surface area contributed by atoms with E-state index in [1.165, 1.54) is 12.1 Å². The summed E-state index contributed by atoms with van der Waals surface area (Å²) in [6.07, 6.45) is -3.87. The molecule has 172 valence electrons. The van der Waals surface area contributed by atoms with Crippen LogP contribution in [0.15, 0.2) is 54.6 Å². The van der Waals surface area contributed by atoms with Gasteiger partial charge in [0.05, 0.1) is 11.7 Å². The quantitative estimate of drug-likeness (QED) is 0.390. The fraction of sp³-hybridized carbons (Fsp3) is 0.520. The highest BCUT2D eigenvalue weighted by molar-refractivity contribution is 6.74. The van der Waals surface area contributed by atoms with Gasteiger partial charge in [0.1, 0.15) is 0 Å². The lowest BCUT2D eigenvalue weighted by Gasteiger charge is -2.43. The molecule has 0 amide bonds. The monoisotopic (exact) mass is 451 g/mol. The van der Waals surface area contributed by atoms with Crippen LogP contribution in [0.1, 0.15) is 50.5 Å². The van der Waals surface area contributed by atoms with Crippen molar-refractivity contribution in [1.82, 2.24) is 4.90 Å². The summed E-state index contributed by atoms with van der Waals surface area (Å²) in [6.45, 7) is 14.0. The lowest BCUT2D eigenvalue weighted by molar-refractivity contribution is -0.137. The molecular weight excluding hydrogens is 415 g/mol. The average molecular weight is 452 g/mol. The average Bonchev–Trinajstić information content (AvgIpc) is 2.69. The third-order valence-electron chi connectivity index (χ3n) is 6.50. The summed E-state index contributed by atoms with van der Waals surface area (Å²) < 4.78 is 45.9. The maximum atomic E-state index is 13.0. The minimum absolute atomic E-state index is 0.0716. The number of alkyl halides is 3. The largest absolute Gasteiger partial charge is 0.416 e. The third-order valence-corrected chi connectivity index (χ3v) is 11.0. The number of hydrogen-bond acceptors (Lipinski definition) is 2. The molecule has 2 nitrogen and oxygen atoms in total. The molecule has 0 spiro atoms. The molecule has 0 saturated heterocycles. The lowest BCUT2D eigenvalue weighted by atomic mass is 10.0. The standard InChI is InChI=1S/C25H36F3NOSi/c1-19(29(5)17-16-20-12-11-15-22(18-20)25(26,27)28)23(21-13-9-8-10-14-21)30-31(6,7)24(2,3)4/h8-15,18-19,23H,16-17H2,1-7H3/t19-,23-/m1/s1. The van der Waals surface area contributed by atoms with Gasteiger partial charge in [0.25, 0.3) is 0 Å². The van der Waals surface area contributed by atoms with Gasteiger partial charge in [-0.15, -0.1) is 0 Å². The summed E-state index contributed by atoms with van der Waals surface area (Å²) in [4.78, 5) is 2.19. The molecule has 0 aliphatic heterocycles. The molecule has 0 N–H and O–H groups in total. The van der Waals surface area contributed by atoms with Gasteiger partial charge in [0.15, 0.2) is 8.32 Å². The first-order valence-corrected chi connectivity index (χ1v) is 13.7. The number of benzene rings is 2. The Labute approximate surface area is 186 Å². The van der Waals surface area contributed by atoms with E-state index in [0.717, 1.165) is 11.6 Å². The van der Waals surface area contributed by atoms with E-state index in [2.05, 4.69) is 57.8 Å². The number of hydrogen-bond donors (Lipinski definition) is 0. The van der Waals surface area contributed by atoms with Gasteiger partial charge >= 0.3 is 6.18 Å². The van der Waals surface area contributed by atoms with E-state index in [1.807, 2.05) is 25.2 Å². The number of halogens is 3. The first-order valence-electron chi connectivity index (χ1n) is 10.8. The maximum absolute atomic E-state index is 13.0. The van der Waals surface area contributed by atoms with Crippen LogP contribution in [0.5, 0.6) is 0 Å². The van der Waals surface area contributed by atoms with Crippen molar-refractivity contribution in [2.24, 2.45) is 0 Å². The summed E-state index contributed by atoms with van der Waals surface area (Å²) >= 11 is 0. The van der Waals surface area contributed by atoms with E-state index >= 15 is 0 Å². The van der Waals surface area contributed by atoms with E-state index < -0.39 is 20.1 Å². The summed E-state index contributed by atoms with van der Waals surface area (Å²) in [5.74, 6) is 0. The highest BCUT2D eigenvalue weighted by Crippen LogP contribution is 2.41. The predicted octanol–water partition coefficient (Wildman–Crippen LogP) is 7.33. The SMILES string of the molecule is C[C@H]([C@@H](O[Si](C)(C)C(C)(C)C)c1ccccc1)N(C)CCc1cccc(C(F)(F)F)c1. The van der Waals surface area contributed by atoms with Crippen LogP contribution < -0.4 is 0 Å². The fourth-order valence-corrected chi connectivity index (χ4v) is 4.55. The topological polar surface area (TPSA) is 12.5 Å². The van der Waals surface area contributed by atoms with Crippen molar-refractivity contribution < 1.29 is 17.6 Å². The van der Waals surface area contributed by atoms with Crippen LogP contribution in [0, 0.1) is 0 Å². The van der Waals surface area contributed by atoms with Crippen molar-refractivity contribution in [3.8, 4) is 0 Å². The molecule has 0 aliphatic rings. The molecule has 0 heterocycles. The Morgan fingerprint density at radius 1 is 0.968 bits per heavy atom. The highest BCUT2D eigenvalue weighted by atomic mass is 28.4. The first kappa shape index (κ1) is 25.6. The van der Waals surface area contributed by atoms with E-state index in [0.29, 0.717) is 18.5 Å². The van der Waals surface area contributed by atoms with Gasteiger partial charge in [-0.05, 0) is 55.7 Å². The van der Waals surface area contributed by atoms with Gasteiger partial charge < -0.3 is 9.33 Å². The van der Waals surface area contributed by atoms with Crippen molar-refractivity contribution >= 4 is 8.32 Å². The molecule has 2 aromatic carbocycles. The Kier molecular flexibility index (Phi) is 8.17. The van der Waals surface area contributed by atoms with E-state index in [1.54, 1.807) is 6.07 Å². The minimum atomic E-state index is -4.31. The molecule has 0 radical (unpaired) electrons. The van der Waals surface area contributed by atoms with Gasteiger partial charge in [-0.25, -0.2) is 0 Å². The van der Waals surface area contributed by atoms with Gasteiger partial charge in [-0.1, -0.05) is 69.3 Å². The minimum Gasteiger partial charge on any atom is -0.408 e. The van der Waals surface area contributed by atoms with Crippen LogP contribution in [-0.4, -0.2) is 32.9 Å². The van der Waals surface area contributed by atoms with Crippen LogP contribution in [0.25, 0.3) is 0 Å². The highest BCUT2D eigenvalue weighted by Gasteiger charge is 2.41. The molecule has 0 bridgehead atoms. The molecule has 6 heteroatoms. The van der Waals surface area contributed by atoms with E-state index in [9.17, 15) is 13.2 Å². The van der Waals surface area contributed by atoms with Crippen molar-refractivity contribution in [1.29, 1.82) is 0 Å². The molecule has 0 aliphatic carbocycles. The Bertz CT molecular complexity index is 831. The predicted molar refractivity (Wildman–Crippen MR) is 125 cm³/mol. The van der Waals surface area contributed by atoms with Crippen molar-refractivity contribution in [2.45, 2.75) is 70.6 Å². The van der Waals surface area contributed by atoms with Crippen LogP contribution in [-0.2, 0) is 17.0 Å². The Morgan fingerprint density at radius 2 is 1.58 bits per heavy atom. The van der Waals surface area contributed by atoms with Crippen molar-refractivity contribution in [2.75, 3.05) is 13.6 Å². The normalized spacial score (nSPS) is 15.2. The van der Waals surface area contributed by atoms with Gasteiger partial charge in [-0.3, -0.25) is 0 Å². The van der Waals surface area contributed by atoms with Crippen LogP contribution in [0.3, 0.4) is 0 Å². The van der Waals surface area contributed by atoms with Crippen molar-refractivity contribution in [3.05, 3.63) is 71.3 Å². The zero-order valence-electron chi connectivity index (χ0n) is 19.8. The Balaban J connectivity index is 2.18. The van der Waals surface area contributed by atoms with Gasteiger partial charge in [-0.2, -0.15) is 13.2 Å². The van der Waals surface area contributed by atoms with Crippen LogP contribution in [0.4, 0.5) is 13.2 Å². The van der Waals surface area contributed by atoms with Crippen molar-refractivity contribution in [3.63, 3.8) is 0 Å². The second kappa shape index (κ2) is 9.88. The maximum Gasteiger partial charge on any atom is 0.416 e. The number of likely N-dealkylation sites (N-methyl/N-ethyl adjacent to an activating group) is 1. The second-order valence-electron chi connectivity index (χ2n) is 9.88. The Hall–Kier alpha value is -1.63. The van der Waals surface area contributed by atoms with Gasteiger partial charge in [0.2, 0.25) is 0 Å². The van der Waals surface area contributed by atoms with E-state index in [4.69, 9.17) is 4.43 Å². The number of rotatable bonds is 8. The molecule has 2 aromatic rings. The molecule has 0 unspecified atom stereocenters.